The van der Waals surface area contributed by atoms with Gasteiger partial charge in [-0.2, -0.15) is 0 Å². The number of rotatable bonds is 6. The summed E-state index contributed by atoms with van der Waals surface area (Å²) in [6, 6.07) is 0. The highest BCUT2D eigenvalue weighted by Crippen LogP contribution is 2.05. The van der Waals surface area contributed by atoms with Gasteiger partial charge in [0.2, 0.25) is 0 Å². The van der Waals surface area contributed by atoms with Crippen molar-refractivity contribution in [2.45, 2.75) is 13.3 Å². The Kier molecular flexibility index (Phi) is 6.17. The molecule has 1 unspecified atom stereocenters. The summed E-state index contributed by atoms with van der Waals surface area (Å²) in [6.07, 6.45) is 0.902. The highest BCUT2D eigenvalue weighted by Gasteiger charge is 2.17. The van der Waals surface area contributed by atoms with Gasteiger partial charge >= 0.3 is 0 Å². The minimum atomic E-state index is 0.310. The predicted molar refractivity (Wildman–Crippen MR) is 62.8 cm³/mol. The quantitative estimate of drug-likeness (QED) is 0.632. The number of nitrogens with two attached hydrogens (primary N) is 1. The van der Waals surface area contributed by atoms with E-state index < -0.39 is 0 Å². The second-order valence-corrected chi connectivity index (χ2v) is 4.56. The molecule has 0 aromatic carbocycles. The number of hydrogen-bond donors (Lipinski definition) is 2. The van der Waals surface area contributed by atoms with Gasteiger partial charge in [0.15, 0.2) is 0 Å². The topological polar surface area (TPSA) is 52.7 Å². The lowest BCUT2D eigenvalue weighted by Crippen LogP contribution is -2.48. The molecule has 0 bridgehead atoms. The Hall–Kier alpha value is -0.160. The maximum atomic E-state index is 8.75. The summed E-state index contributed by atoms with van der Waals surface area (Å²) in [4.78, 5) is 4.92. The zero-order chi connectivity index (χ0) is 11.1. The molecule has 0 aromatic rings. The Morgan fingerprint density at radius 3 is 2.33 bits per heavy atom. The fourth-order valence-corrected chi connectivity index (χ4v) is 2.01. The van der Waals surface area contributed by atoms with Crippen molar-refractivity contribution in [3.05, 3.63) is 0 Å². The van der Waals surface area contributed by atoms with E-state index in [0.717, 1.165) is 52.2 Å². The monoisotopic (exact) mass is 215 g/mol. The largest absolute Gasteiger partial charge is 0.396 e. The van der Waals surface area contributed by atoms with Crippen molar-refractivity contribution < 1.29 is 5.11 Å². The Labute approximate surface area is 93.0 Å². The first kappa shape index (κ1) is 12.9. The van der Waals surface area contributed by atoms with Gasteiger partial charge in [-0.1, -0.05) is 6.92 Å². The summed E-state index contributed by atoms with van der Waals surface area (Å²) in [5, 5.41) is 8.75. The Morgan fingerprint density at radius 1 is 1.20 bits per heavy atom. The zero-order valence-electron chi connectivity index (χ0n) is 9.86. The van der Waals surface area contributed by atoms with Crippen molar-refractivity contribution in [3.63, 3.8) is 0 Å². The molecular weight excluding hydrogens is 190 g/mol. The van der Waals surface area contributed by atoms with E-state index in [0.29, 0.717) is 12.5 Å². The summed E-state index contributed by atoms with van der Waals surface area (Å²) in [6.45, 7) is 10.0. The molecule has 0 spiro atoms. The number of hydrogen-bond acceptors (Lipinski definition) is 4. The number of aliphatic hydroxyl groups is 1. The van der Waals surface area contributed by atoms with Crippen molar-refractivity contribution in [2.75, 3.05) is 52.4 Å². The predicted octanol–water partition coefficient (Wildman–Crippen LogP) is -0.419. The maximum absolute atomic E-state index is 8.75. The van der Waals surface area contributed by atoms with Gasteiger partial charge in [0, 0.05) is 45.9 Å². The van der Waals surface area contributed by atoms with Gasteiger partial charge in [0.05, 0.1) is 0 Å². The minimum absolute atomic E-state index is 0.310. The fourth-order valence-electron chi connectivity index (χ4n) is 2.01. The van der Waals surface area contributed by atoms with Crippen LogP contribution in [0.2, 0.25) is 0 Å². The van der Waals surface area contributed by atoms with Crippen molar-refractivity contribution in [1.29, 1.82) is 0 Å². The summed E-state index contributed by atoms with van der Waals surface area (Å²) < 4.78 is 0. The van der Waals surface area contributed by atoms with Gasteiger partial charge in [-0.15, -0.1) is 0 Å². The van der Waals surface area contributed by atoms with Gasteiger partial charge in [0.25, 0.3) is 0 Å². The van der Waals surface area contributed by atoms with Gasteiger partial charge in [-0.25, -0.2) is 0 Å². The van der Waals surface area contributed by atoms with Crippen LogP contribution in [-0.2, 0) is 0 Å². The lowest BCUT2D eigenvalue weighted by Gasteiger charge is -2.35. The summed E-state index contributed by atoms with van der Waals surface area (Å²) in [5.74, 6) is 0.606. The van der Waals surface area contributed by atoms with E-state index in [9.17, 15) is 0 Å². The first-order valence-electron chi connectivity index (χ1n) is 6.02. The third-order valence-corrected chi connectivity index (χ3v) is 3.07. The van der Waals surface area contributed by atoms with Crippen molar-refractivity contribution in [1.82, 2.24) is 9.80 Å². The molecule has 1 atom stereocenters. The Balaban J connectivity index is 2.12. The van der Waals surface area contributed by atoms with Crippen molar-refractivity contribution in [3.8, 4) is 0 Å². The van der Waals surface area contributed by atoms with Crippen LogP contribution in [0.1, 0.15) is 13.3 Å². The second kappa shape index (κ2) is 7.17. The van der Waals surface area contributed by atoms with E-state index in [-0.39, 0.29) is 0 Å². The third-order valence-electron chi connectivity index (χ3n) is 3.07. The summed E-state index contributed by atoms with van der Waals surface area (Å²) in [5.41, 5.74) is 5.62. The van der Waals surface area contributed by atoms with E-state index in [2.05, 4.69) is 16.7 Å². The molecule has 0 radical (unpaired) electrons. The number of aliphatic hydroxyl groups excluding tert-OH is 1. The van der Waals surface area contributed by atoms with Crippen molar-refractivity contribution >= 4 is 0 Å². The van der Waals surface area contributed by atoms with Crippen molar-refractivity contribution in [2.24, 2.45) is 11.7 Å². The third kappa shape index (κ3) is 4.93. The SMILES string of the molecule is CC(CN)CN1CCN(CCCO)CC1. The fraction of sp³-hybridized carbons (Fsp3) is 1.00. The molecule has 15 heavy (non-hydrogen) atoms. The van der Waals surface area contributed by atoms with Crippen LogP contribution < -0.4 is 5.73 Å². The number of piperazine rings is 1. The molecule has 1 rings (SSSR count). The van der Waals surface area contributed by atoms with Crippen LogP contribution in [-0.4, -0.2) is 67.3 Å². The summed E-state index contributed by atoms with van der Waals surface area (Å²) >= 11 is 0. The molecule has 1 saturated heterocycles. The highest BCUT2D eigenvalue weighted by molar-refractivity contribution is 4.73. The van der Waals surface area contributed by atoms with E-state index in [1.54, 1.807) is 0 Å². The van der Waals surface area contributed by atoms with Crippen LogP contribution in [0.15, 0.2) is 0 Å². The second-order valence-electron chi connectivity index (χ2n) is 4.56. The molecule has 0 aromatic heterocycles. The maximum Gasteiger partial charge on any atom is 0.0443 e. The molecule has 4 nitrogen and oxygen atoms in total. The number of nitrogens with zero attached hydrogens (tertiary/aromatic N) is 2. The molecule has 1 aliphatic heterocycles. The minimum Gasteiger partial charge on any atom is -0.396 e. The van der Waals surface area contributed by atoms with Crippen LogP contribution in [0, 0.1) is 5.92 Å². The first-order chi connectivity index (χ1) is 7.26. The molecule has 1 aliphatic rings. The van der Waals surface area contributed by atoms with Crippen LogP contribution in [0.3, 0.4) is 0 Å². The normalized spacial score (nSPS) is 21.8. The van der Waals surface area contributed by atoms with Gasteiger partial charge in [-0.05, 0) is 18.9 Å². The van der Waals surface area contributed by atoms with Gasteiger partial charge in [-0.3, -0.25) is 0 Å². The van der Waals surface area contributed by atoms with Crippen LogP contribution >= 0.6 is 0 Å². The van der Waals surface area contributed by atoms with E-state index in [1.807, 2.05) is 0 Å². The smallest absolute Gasteiger partial charge is 0.0443 e. The molecule has 1 fully saturated rings. The molecule has 3 N–H and O–H groups in total. The Morgan fingerprint density at radius 2 is 1.80 bits per heavy atom. The van der Waals surface area contributed by atoms with Crippen LogP contribution in [0.4, 0.5) is 0 Å². The molecule has 1 heterocycles. The Bertz CT molecular complexity index is 158. The van der Waals surface area contributed by atoms with Crippen LogP contribution in [0.25, 0.3) is 0 Å². The van der Waals surface area contributed by atoms with Gasteiger partial charge < -0.3 is 20.6 Å². The van der Waals surface area contributed by atoms with Gasteiger partial charge in [0.1, 0.15) is 0 Å². The highest BCUT2D eigenvalue weighted by atomic mass is 16.3. The summed E-state index contributed by atoms with van der Waals surface area (Å²) in [7, 11) is 0. The molecule has 0 aliphatic carbocycles. The zero-order valence-corrected chi connectivity index (χ0v) is 9.86. The lowest BCUT2D eigenvalue weighted by atomic mass is 10.1. The molecule has 0 amide bonds. The lowest BCUT2D eigenvalue weighted by molar-refractivity contribution is 0.114. The molecule has 90 valence electrons. The van der Waals surface area contributed by atoms with E-state index in [1.165, 1.54) is 0 Å². The average molecular weight is 215 g/mol. The molecule has 0 saturated carbocycles. The van der Waals surface area contributed by atoms with E-state index >= 15 is 0 Å². The molecule has 4 heteroatoms. The van der Waals surface area contributed by atoms with Crippen LogP contribution in [0.5, 0.6) is 0 Å². The standard InChI is InChI=1S/C11H25N3O/c1-11(9-12)10-14-6-4-13(5-7-14)3-2-8-15/h11,15H,2-10,12H2,1H3. The average Bonchev–Trinajstić information content (AvgIpc) is 2.28. The first-order valence-corrected chi connectivity index (χ1v) is 6.02. The molecular formula is C11H25N3O. The van der Waals surface area contributed by atoms with E-state index in [4.69, 9.17) is 10.8 Å².